The molecule has 1 fully saturated rings. The second-order valence-electron chi connectivity index (χ2n) is 4.65. The fourth-order valence-electron chi connectivity index (χ4n) is 2.26. The van der Waals surface area contributed by atoms with Crippen LogP contribution in [0.5, 0.6) is 0 Å². The molecule has 0 amide bonds. The van der Waals surface area contributed by atoms with Crippen molar-refractivity contribution in [2.75, 3.05) is 6.61 Å². The molecule has 108 valence electrons. The van der Waals surface area contributed by atoms with Crippen molar-refractivity contribution >= 4 is 34.2 Å². The van der Waals surface area contributed by atoms with Gasteiger partial charge in [0, 0.05) is 0 Å². The van der Waals surface area contributed by atoms with E-state index in [-0.39, 0.29) is 5.82 Å². The summed E-state index contributed by atoms with van der Waals surface area (Å²) in [5.41, 5.74) is 1.29. The largest absolute Gasteiger partial charge is 0.394 e. The van der Waals surface area contributed by atoms with E-state index < -0.39 is 28.9 Å². The van der Waals surface area contributed by atoms with Crippen LogP contribution in [0, 0.1) is 0 Å². The van der Waals surface area contributed by atoms with Gasteiger partial charge in [-0.2, -0.15) is 0 Å². The minimum Gasteiger partial charge on any atom is -0.394 e. The highest BCUT2D eigenvalue weighted by molar-refractivity contribution is 6.33. The molecule has 1 aliphatic heterocycles. The second kappa shape index (κ2) is 4.56. The van der Waals surface area contributed by atoms with E-state index in [1.165, 1.54) is 0 Å². The Balaban J connectivity index is 2.11. The molecule has 8 heteroatoms. The van der Waals surface area contributed by atoms with Gasteiger partial charge in [-0.15, -0.1) is 0 Å². The lowest BCUT2D eigenvalue weighted by molar-refractivity contribution is -0.0580. The van der Waals surface area contributed by atoms with Crippen LogP contribution in [-0.4, -0.2) is 49.2 Å². The van der Waals surface area contributed by atoms with Crippen molar-refractivity contribution in [3.8, 4) is 0 Å². The summed E-state index contributed by atoms with van der Waals surface area (Å²) >= 11 is 12.2. The van der Waals surface area contributed by atoms with Crippen LogP contribution in [0.4, 0.5) is 0 Å². The van der Waals surface area contributed by atoms with Gasteiger partial charge in [0.2, 0.25) is 10.1 Å². The molecule has 0 radical (unpaired) electrons. The van der Waals surface area contributed by atoms with Crippen LogP contribution in [0.15, 0.2) is 24.3 Å². The minimum absolute atomic E-state index is 0.0628. The van der Waals surface area contributed by atoms with Crippen molar-refractivity contribution in [2.45, 2.75) is 22.3 Å². The Labute approximate surface area is 123 Å². The monoisotopic (exact) mass is 318 g/mol. The number of halogens is 2. The predicted octanol–water partition coefficient (Wildman–Crippen LogP) is 0.634. The minimum atomic E-state index is -2.32. The Kier molecular flexibility index (Phi) is 3.20. The normalized spacial score (nSPS) is 37.6. The fraction of sp³-hybridized carbons (Fsp3) is 0.417. The van der Waals surface area contributed by atoms with Gasteiger partial charge in [0.25, 0.3) is 0 Å². The molecule has 1 aromatic carbocycles. The topological polar surface area (TPSA) is 98.6 Å². The number of H-pyrrole nitrogens is 1. The van der Waals surface area contributed by atoms with E-state index in [2.05, 4.69) is 9.97 Å². The molecule has 0 aliphatic carbocycles. The number of hydrogen-bond acceptors (Lipinski definition) is 5. The van der Waals surface area contributed by atoms with E-state index in [0.717, 1.165) is 0 Å². The number of para-hydroxylation sites is 2. The van der Waals surface area contributed by atoms with Crippen LogP contribution in [0.25, 0.3) is 11.0 Å². The number of imidazole rings is 1. The quantitative estimate of drug-likeness (QED) is 0.609. The number of hydrogen-bond donors (Lipinski definition) is 4. The smallest absolute Gasteiger partial charge is 0.246 e. The number of aromatic nitrogens is 2. The average molecular weight is 319 g/mol. The lowest BCUT2D eigenvalue weighted by Gasteiger charge is -2.29. The molecule has 20 heavy (non-hydrogen) atoms. The highest BCUT2D eigenvalue weighted by Gasteiger charge is 2.66. The maximum Gasteiger partial charge on any atom is 0.246 e. The van der Waals surface area contributed by atoms with Gasteiger partial charge < -0.3 is 25.0 Å². The van der Waals surface area contributed by atoms with E-state index in [9.17, 15) is 10.2 Å². The Bertz CT molecular complexity index is 614. The molecule has 1 unspecified atom stereocenters. The number of fused-ring (bicyclic) bond motifs is 1. The molecule has 2 heterocycles. The Hall–Kier alpha value is -0.890. The lowest BCUT2D eigenvalue weighted by Crippen LogP contribution is -2.47. The first-order chi connectivity index (χ1) is 9.40. The molecular formula is C12H12Cl2N2O4. The summed E-state index contributed by atoms with van der Waals surface area (Å²) in [7, 11) is 0. The van der Waals surface area contributed by atoms with Gasteiger partial charge in [-0.3, -0.25) is 0 Å². The Morgan fingerprint density at radius 2 is 2.05 bits per heavy atom. The molecule has 2 aromatic rings. The number of alkyl halides is 2. The number of nitrogens with zero attached hydrogens (tertiary/aromatic N) is 1. The lowest BCUT2D eigenvalue weighted by atomic mass is 10.1. The summed E-state index contributed by atoms with van der Waals surface area (Å²) in [6.45, 7) is -0.537. The van der Waals surface area contributed by atoms with Crippen LogP contribution < -0.4 is 0 Å². The van der Waals surface area contributed by atoms with Gasteiger partial charge in [0.15, 0.2) is 5.82 Å². The van der Waals surface area contributed by atoms with Gasteiger partial charge in [-0.05, 0) is 12.1 Å². The maximum absolute atomic E-state index is 10.2. The van der Waals surface area contributed by atoms with Crippen LogP contribution in [-0.2, 0) is 9.80 Å². The molecular weight excluding hydrogens is 307 g/mol. The van der Waals surface area contributed by atoms with Gasteiger partial charge in [-0.1, -0.05) is 35.3 Å². The summed E-state index contributed by atoms with van der Waals surface area (Å²) in [6.07, 6.45) is -2.66. The molecule has 4 N–H and O–H groups in total. The molecule has 1 aromatic heterocycles. The number of benzene rings is 1. The maximum atomic E-state index is 10.2. The van der Waals surface area contributed by atoms with Crippen LogP contribution in [0.2, 0.25) is 0 Å². The number of aliphatic hydroxyl groups is 3. The van der Waals surface area contributed by atoms with Crippen molar-refractivity contribution in [1.29, 1.82) is 0 Å². The van der Waals surface area contributed by atoms with E-state index in [4.69, 9.17) is 33.0 Å². The number of rotatable bonds is 2. The van der Waals surface area contributed by atoms with Gasteiger partial charge in [-0.25, -0.2) is 4.98 Å². The van der Waals surface area contributed by atoms with Crippen molar-refractivity contribution in [3.05, 3.63) is 30.1 Å². The van der Waals surface area contributed by atoms with E-state index in [1.807, 2.05) is 0 Å². The van der Waals surface area contributed by atoms with Gasteiger partial charge >= 0.3 is 0 Å². The van der Waals surface area contributed by atoms with Crippen LogP contribution in [0.1, 0.15) is 5.82 Å². The van der Waals surface area contributed by atoms with Crippen molar-refractivity contribution in [2.24, 2.45) is 0 Å². The third kappa shape index (κ3) is 1.77. The average Bonchev–Trinajstić information content (AvgIpc) is 2.93. The Morgan fingerprint density at radius 3 is 2.65 bits per heavy atom. The van der Waals surface area contributed by atoms with E-state index >= 15 is 0 Å². The standard InChI is InChI=1S/C12H12Cl2N2O4/c13-11(19)9(18)8(5-17)20-12(11,14)10-15-6-3-1-2-4-7(6)16-10/h1-4,8-9,17-19H,5H2,(H,15,16)/t8-,9-,11-,12?/m1/s1. The van der Waals surface area contributed by atoms with Crippen LogP contribution >= 0.6 is 23.2 Å². The third-order valence-electron chi connectivity index (χ3n) is 3.38. The zero-order chi connectivity index (χ0) is 14.5. The second-order valence-corrected chi connectivity index (χ2v) is 5.76. The molecule has 0 spiro atoms. The summed E-state index contributed by atoms with van der Waals surface area (Å²) in [6, 6.07) is 7.12. The number of aromatic amines is 1. The highest BCUT2D eigenvalue weighted by atomic mass is 35.5. The Morgan fingerprint density at radius 1 is 1.35 bits per heavy atom. The first-order valence-corrected chi connectivity index (χ1v) is 6.68. The van der Waals surface area contributed by atoms with Gasteiger partial charge in [0.05, 0.1) is 17.6 Å². The number of ether oxygens (including phenoxy) is 1. The molecule has 1 saturated heterocycles. The highest BCUT2D eigenvalue weighted by Crippen LogP contribution is 2.51. The molecule has 6 nitrogen and oxygen atoms in total. The predicted molar refractivity (Wildman–Crippen MR) is 72.4 cm³/mol. The molecule has 1 aliphatic rings. The van der Waals surface area contributed by atoms with E-state index in [1.54, 1.807) is 24.3 Å². The van der Waals surface area contributed by atoms with Crippen LogP contribution in [0.3, 0.4) is 0 Å². The SMILES string of the molecule is OC[C@H]1OC(Cl)(c2nc3ccccc3[nH]2)[C@@](O)(Cl)[C@@H]1O. The zero-order valence-corrected chi connectivity index (χ0v) is 11.6. The molecule has 0 saturated carbocycles. The first kappa shape index (κ1) is 14.1. The van der Waals surface area contributed by atoms with Gasteiger partial charge in [0.1, 0.15) is 12.2 Å². The summed E-state index contributed by atoms with van der Waals surface area (Å²) in [5.74, 6) is 0.0628. The molecule has 0 bridgehead atoms. The summed E-state index contributed by atoms with van der Waals surface area (Å²) in [4.78, 5) is 7.11. The third-order valence-corrected chi connectivity index (χ3v) is 4.53. The van der Waals surface area contributed by atoms with Crippen molar-refractivity contribution < 1.29 is 20.1 Å². The molecule has 4 atom stereocenters. The number of aliphatic hydroxyl groups excluding tert-OH is 2. The van der Waals surface area contributed by atoms with Crippen molar-refractivity contribution in [1.82, 2.24) is 9.97 Å². The zero-order valence-electron chi connectivity index (χ0n) is 10.1. The first-order valence-electron chi connectivity index (χ1n) is 5.92. The molecule has 3 rings (SSSR count). The fourth-order valence-corrected chi connectivity index (χ4v) is 2.85. The summed E-state index contributed by atoms with van der Waals surface area (Å²) in [5, 5.41) is 25.0. The van der Waals surface area contributed by atoms with E-state index in [0.29, 0.717) is 11.0 Å². The van der Waals surface area contributed by atoms with Crippen molar-refractivity contribution in [3.63, 3.8) is 0 Å². The number of nitrogens with one attached hydrogen (secondary N) is 1. The summed E-state index contributed by atoms with van der Waals surface area (Å²) < 4.78 is 5.33.